The summed E-state index contributed by atoms with van der Waals surface area (Å²) in [5.41, 5.74) is 3.61. The summed E-state index contributed by atoms with van der Waals surface area (Å²) in [6.45, 7) is 2.16. The number of nitrogens with zero attached hydrogens (tertiary/aromatic N) is 1. The van der Waals surface area contributed by atoms with Gasteiger partial charge in [0.05, 0.1) is 11.3 Å². The molecule has 3 nitrogen and oxygen atoms in total. The van der Waals surface area contributed by atoms with Gasteiger partial charge in [-0.1, -0.05) is 59.6 Å². The molecule has 1 heterocycles. The van der Waals surface area contributed by atoms with Crippen molar-refractivity contribution in [1.29, 1.82) is 0 Å². The zero-order valence-corrected chi connectivity index (χ0v) is 17.6. The number of hydrogen-bond donors (Lipinski definition) is 0. The number of fused-ring (bicyclic) bond motifs is 1. The topological polar surface area (TPSA) is 39.2 Å². The number of aryl methyl sites for hydroxylation is 1. The Labute approximate surface area is 178 Å². The largest absolute Gasteiger partial charge is 0.423 e. The first kappa shape index (κ1) is 19.3. The second kappa shape index (κ2) is 8.58. The lowest BCUT2D eigenvalue weighted by molar-refractivity contribution is 0.0735. The molecule has 0 fully saturated rings. The van der Waals surface area contributed by atoms with Crippen molar-refractivity contribution >= 4 is 32.7 Å². The van der Waals surface area contributed by atoms with Crippen molar-refractivity contribution in [2.45, 2.75) is 19.8 Å². The van der Waals surface area contributed by atoms with E-state index in [2.05, 4.69) is 33.9 Å². The molecule has 144 valence electrons. The summed E-state index contributed by atoms with van der Waals surface area (Å²) in [5, 5.41) is 2.10. The van der Waals surface area contributed by atoms with Crippen LogP contribution in [0, 0.1) is 0 Å². The zero-order chi connectivity index (χ0) is 20.2. The summed E-state index contributed by atoms with van der Waals surface area (Å²) >= 11 is 3.46. The molecule has 0 amide bonds. The molecule has 0 N–H and O–H groups in total. The van der Waals surface area contributed by atoms with Crippen LogP contribution in [0.3, 0.4) is 0 Å². The van der Waals surface area contributed by atoms with Crippen molar-refractivity contribution in [3.05, 3.63) is 94.6 Å². The van der Waals surface area contributed by atoms with Crippen LogP contribution in [-0.4, -0.2) is 11.0 Å². The molecule has 0 radical (unpaired) electrons. The molecule has 0 unspecified atom stereocenters. The lowest BCUT2D eigenvalue weighted by Crippen LogP contribution is -2.08. The Morgan fingerprint density at radius 1 is 0.931 bits per heavy atom. The number of aromatic nitrogens is 1. The lowest BCUT2D eigenvalue weighted by atomic mass is 10.1. The van der Waals surface area contributed by atoms with Gasteiger partial charge < -0.3 is 4.74 Å². The van der Waals surface area contributed by atoms with Crippen LogP contribution in [0.1, 0.15) is 29.3 Å². The number of benzene rings is 3. The monoisotopic (exact) mass is 445 g/mol. The molecule has 0 spiro atoms. The third-order valence-electron chi connectivity index (χ3n) is 4.76. The summed E-state index contributed by atoms with van der Waals surface area (Å²) in [6.07, 6.45) is 4.05. The number of rotatable bonds is 5. The second-order valence-electron chi connectivity index (χ2n) is 6.92. The summed E-state index contributed by atoms with van der Waals surface area (Å²) in [4.78, 5) is 17.0. The van der Waals surface area contributed by atoms with Gasteiger partial charge in [0.25, 0.3) is 0 Å². The van der Waals surface area contributed by atoms with E-state index in [0.717, 1.165) is 39.3 Å². The minimum Gasteiger partial charge on any atom is -0.423 e. The predicted molar refractivity (Wildman–Crippen MR) is 120 cm³/mol. The van der Waals surface area contributed by atoms with E-state index >= 15 is 0 Å². The minimum absolute atomic E-state index is 0.376. The molecule has 4 aromatic rings. The third-order valence-corrected chi connectivity index (χ3v) is 5.26. The van der Waals surface area contributed by atoms with E-state index in [9.17, 15) is 4.79 Å². The summed E-state index contributed by atoms with van der Waals surface area (Å²) in [6, 6.07) is 23.1. The van der Waals surface area contributed by atoms with Crippen LogP contribution in [0.25, 0.3) is 22.0 Å². The van der Waals surface area contributed by atoms with E-state index in [0.29, 0.717) is 11.3 Å². The highest BCUT2D eigenvalue weighted by Gasteiger charge is 2.10. The summed E-state index contributed by atoms with van der Waals surface area (Å²) in [5.74, 6) is 0.154. The first-order chi connectivity index (χ1) is 14.1. The third kappa shape index (κ3) is 4.54. The Morgan fingerprint density at radius 3 is 2.41 bits per heavy atom. The molecule has 0 saturated heterocycles. The zero-order valence-electron chi connectivity index (χ0n) is 16.1. The van der Waals surface area contributed by atoms with E-state index < -0.39 is 0 Å². The Morgan fingerprint density at radius 2 is 1.69 bits per heavy atom. The van der Waals surface area contributed by atoms with Gasteiger partial charge in [-0.3, -0.25) is 4.98 Å². The van der Waals surface area contributed by atoms with Gasteiger partial charge in [0.1, 0.15) is 5.75 Å². The molecule has 0 aliphatic rings. The number of pyridine rings is 1. The molecule has 4 rings (SSSR count). The highest BCUT2D eigenvalue weighted by molar-refractivity contribution is 9.10. The molecule has 0 atom stereocenters. The Hall–Kier alpha value is -2.98. The van der Waals surface area contributed by atoms with Gasteiger partial charge >= 0.3 is 5.97 Å². The van der Waals surface area contributed by atoms with Crippen LogP contribution in [-0.2, 0) is 6.42 Å². The average molecular weight is 446 g/mol. The van der Waals surface area contributed by atoms with Crippen molar-refractivity contribution in [1.82, 2.24) is 4.98 Å². The number of hydrogen-bond acceptors (Lipinski definition) is 3. The van der Waals surface area contributed by atoms with Gasteiger partial charge in [-0.05, 0) is 65.2 Å². The van der Waals surface area contributed by atoms with E-state index in [1.165, 1.54) is 5.56 Å². The summed E-state index contributed by atoms with van der Waals surface area (Å²) < 4.78 is 6.58. The Balaban J connectivity index is 1.48. The Bertz CT molecular complexity index is 1150. The van der Waals surface area contributed by atoms with Crippen molar-refractivity contribution < 1.29 is 9.53 Å². The first-order valence-electron chi connectivity index (χ1n) is 9.59. The predicted octanol–water partition coefficient (Wildman–Crippen LogP) is 6.84. The van der Waals surface area contributed by atoms with Gasteiger partial charge in [0, 0.05) is 16.2 Å². The van der Waals surface area contributed by atoms with Crippen LogP contribution in [0.4, 0.5) is 0 Å². The number of esters is 1. The van der Waals surface area contributed by atoms with Gasteiger partial charge in [-0.25, -0.2) is 4.79 Å². The number of halogens is 1. The molecule has 1 aromatic heterocycles. The molecule has 3 aromatic carbocycles. The molecule has 0 aliphatic carbocycles. The molecule has 29 heavy (non-hydrogen) atoms. The standard InChI is InChI=1S/C25H20BrNO2/c1-2-3-17-4-13-24(27-16-17)18-5-7-19(8-6-18)25(28)29-23-12-10-20-14-22(26)11-9-21(20)15-23/h4-16H,2-3H2,1H3. The summed E-state index contributed by atoms with van der Waals surface area (Å²) in [7, 11) is 0. The van der Waals surface area contributed by atoms with Crippen LogP contribution in [0.2, 0.25) is 0 Å². The normalized spacial score (nSPS) is 10.8. The lowest BCUT2D eigenvalue weighted by Gasteiger charge is -2.07. The maximum atomic E-state index is 12.5. The Kier molecular flexibility index (Phi) is 5.72. The second-order valence-corrected chi connectivity index (χ2v) is 7.84. The van der Waals surface area contributed by atoms with Crippen LogP contribution in [0.15, 0.2) is 83.5 Å². The van der Waals surface area contributed by atoms with Crippen LogP contribution in [0.5, 0.6) is 5.75 Å². The molecule has 4 heteroatoms. The van der Waals surface area contributed by atoms with Crippen molar-refractivity contribution in [2.75, 3.05) is 0 Å². The molecule has 0 bridgehead atoms. The quantitative estimate of drug-likeness (QED) is 0.249. The molecular formula is C25H20BrNO2. The van der Waals surface area contributed by atoms with Crippen molar-refractivity contribution in [3.8, 4) is 17.0 Å². The highest BCUT2D eigenvalue weighted by atomic mass is 79.9. The molecule has 0 aliphatic heterocycles. The van der Waals surface area contributed by atoms with Crippen molar-refractivity contribution in [3.63, 3.8) is 0 Å². The van der Waals surface area contributed by atoms with Gasteiger partial charge in [0.15, 0.2) is 0 Å². The number of carbonyl (C=O) groups excluding carboxylic acids is 1. The SMILES string of the molecule is CCCc1ccc(-c2ccc(C(=O)Oc3ccc4cc(Br)ccc4c3)cc2)nc1. The fourth-order valence-corrected chi connectivity index (χ4v) is 3.61. The molecular weight excluding hydrogens is 426 g/mol. The van der Waals surface area contributed by atoms with E-state index in [1.54, 1.807) is 12.1 Å². The fourth-order valence-electron chi connectivity index (χ4n) is 3.23. The average Bonchev–Trinajstić information content (AvgIpc) is 2.75. The smallest absolute Gasteiger partial charge is 0.343 e. The fraction of sp³-hybridized carbons (Fsp3) is 0.120. The molecule has 0 saturated carbocycles. The van der Waals surface area contributed by atoms with E-state index in [4.69, 9.17) is 4.74 Å². The van der Waals surface area contributed by atoms with Crippen molar-refractivity contribution in [2.24, 2.45) is 0 Å². The van der Waals surface area contributed by atoms with Gasteiger partial charge in [-0.2, -0.15) is 0 Å². The van der Waals surface area contributed by atoms with Crippen LogP contribution < -0.4 is 4.74 Å². The maximum absolute atomic E-state index is 12.5. The highest BCUT2D eigenvalue weighted by Crippen LogP contribution is 2.25. The van der Waals surface area contributed by atoms with E-state index in [-0.39, 0.29) is 5.97 Å². The maximum Gasteiger partial charge on any atom is 0.343 e. The van der Waals surface area contributed by atoms with Gasteiger partial charge in [0.2, 0.25) is 0 Å². The number of ether oxygens (including phenoxy) is 1. The van der Waals surface area contributed by atoms with Gasteiger partial charge in [-0.15, -0.1) is 0 Å². The van der Waals surface area contributed by atoms with E-state index in [1.807, 2.05) is 60.8 Å². The first-order valence-corrected chi connectivity index (χ1v) is 10.4. The van der Waals surface area contributed by atoms with Crippen LogP contribution >= 0.6 is 15.9 Å². The minimum atomic E-state index is -0.376. The number of carbonyl (C=O) groups is 1.